The molecule has 0 radical (unpaired) electrons. The normalized spacial score (nSPS) is 35.8. The topological polar surface area (TPSA) is 52.6 Å². The fourth-order valence-corrected chi connectivity index (χ4v) is 4.91. The first-order valence-electron chi connectivity index (χ1n) is 8.77. The molecule has 0 aromatic heterocycles. The number of hydrogen-bond acceptors (Lipinski definition) is 4. The summed E-state index contributed by atoms with van der Waals surface area (Å²) in [5, 5.41) is 0. The van der Waals surface area contributed by atoms with E-state index in [1.165, 1.54) is 0 Å². The number of quaternary nitrogens is 1. The molecule has 0 aromatic rings. The number of esters is 2. The minimum absolute atomic E-state index is 0.0798. The van der Waals surface area contributed by atoms with Gasteiger partial charge in [0.1, 0.15) is 19.3 Å². The van der Waals surface area contributed by atoms with Gasteiger partial charge in [-0.2, -0.15) is 0 Å². The molecule has 0 aromatic carbocycles. The number of likely N-dealkylation sites (N-methyl/N-ethyl adjacent to an activating group) is 1. The standard InChI is InChI=1S/C17H28NO4/c1-4-18(5-2,6-3)7-8-21-16(19)14-11-9-12-13(10-11)22-17(20)15(12)14/h11-15H,4-10H2,1-3H3/q+1/t11-,12+,13-,14-,15+/m1/s1. The van der Waals surface area contributed by atoms with Gasteiger partial charge in [0.15, 0.2) is 0 Å². The fraction of sp³-hybridized carbons (Fsp3) is 0.882. The summed E-state index contributed by atoms with van der Waals surface area (Å²) in [6.07, 6.45) is 1.89. The van der Waals surface area contributed by atoms with Crippen LogP contribution in [0.15, 0.2) is 0 Å². The Balaban J connectivity index is 1.56. The number of nitrogens with zero attached hydrogens (tertiary/aromatic N) is 1. The second-order valence-corrected chi connectivity index (χ2v) is 7.10. The molecule has 5 heteroatoms. The van der Waals surface area contributed by atoms with E-state index in [0.717, 1.165) is 43.5 Å². The summed E-state index contributed by atoms with van der Waals surface area (Å²) in [5.74, 6) is -0.246. The molecule has 2 bridgehead atoms. The first kappa shape index (κ1) is 15.8. The molecule has 2 aliphatic carbocycles. The monoisotopic (exact) mass is 310 g/mol. The van der Waals surface area contributed by atoms with Gasteiger partial charge < -0.3 is 14.0 Å². The van der Waals surface area contributed by atoms with Crippen molar-refractivity contribution in [3.8, 4) is 0 Å². The van der Waals surface area contributed by atoms with E-state index < -0.39 is 0 Å². The average Bonchev–Trinajstić information content (AvgIpc) is 3.13. The van der Waals surface area contributed by atoms with Crippen LogP contribution < -0.4 is 0 Å². The first-order valence-corrected chi connectivity index (χ1v) is 8.77. The molecule has 0 unspecified atom stereocenters. The molecule has 3 rings (SSSR count). The summed E-state index contributed by atoms with van der Waals surface area (Å²) in [7, 11) is 0. The van der Waals surface area contributed by atoms with Crippen LogP contribution in [0.1, 0.15) is 33.6 Å². The molecule has 5 nitrogen and oxygen atoms in total. The number of ether oxygens (including phenoxy) is 2. The Morgan fingerprint density at radius 1 is 1.23 bits per heavy atom. The van der Waals surface area contributed by atoms with Crippen molar-refractivity contribution >= 4 is 11.9 Å². The van der Waals surface area contributed by atoms with Crippen molar-refractivity contribution in [3.63, 3.8) is 0 Å². The molecule has 0 amide bonds. The minimum atomic E-state index is -0.247. The number of carbonyl (C=O) groups excluding carboxylic acids is 2. The van der Waals surface area contributed by atoms with Crippen molar-refractivity contribution in [1.29, 1.82) is 0 Å². The Morgan fingerprint density at radius 3 is 2.55 bits per heavy atom. The quantitative estimate of drug-likeness (QED) is 0.529. The predicted molar refractivity (Wildman–Crippen MR) is 80.8 cm³/mol. The van der Waals surface area contributed by atoms with E-state index in [1.807, 2.05) is 0 Å². The van der Waals surface area contributed by atoms with E-state index in [-0.39, 0.29) is 35.8 Å². The van der Waals surface area contributed by atoms with Crippen LogP contribution in [0.5, 0.6) is 0 Å². The first-order chi connectivity index (χ1) is 10.5. The molecule has 22 heavy (non-hydrogen) atoms. The average molecular weight is 310 g/mol. The van der Waals surface area contributed by atoms with Gasteiger partial charge in [0, 0.05) is 5.92 Å². The van der Waals surface area contributed by atoms with Crippen molar-refractivity contribution in [2.24, 2.45) is 23.7 Å². The molecule has 0 N–H and O–H groups in total. The summed E-state index contributed by atoms with van der Waals surface area (Å²) in [5.41, 5.74) is 0. The zero-order chi connectivity index (χ0) is 15.9. The van der Waals surface area contributed by atoms with E-state index in [9.17, 15) is 9.59 Å². The zero-order valence-electron chi connectivity index (χ0n) is 13.9. The Kier molecular flexibility index (Phi) is 4.19. The van der Waals surface area contributed by atoms with E-state index in [1.54, 1.807) is 0 Å². The third kappa shape index (κ3) is 2.34. The number of fused-ring (bicyclic) bond motifs is 1. The van der Waals surface area contributed by atoms with Crippen LogP contribution >= 0.6 is 0 Å². The van der Waals surface area contributed by atoms with Gasteiger partial charge in [-0.05, 0) is 39.5 Å². The highest BCUT2D eigenvalue weighted by Crippen LogP contribution is 2.57. The van der Waals surface area contributed by atoms with Gasteiger partial charge >= 0.3 is 11.9 Å². The lowest BCUT2D eigenvalue weighted by molar-refractivity contribution is -0.923. The van der Waals surface area contributed by atoms with Crippen LogP contribution in [0, 0.1) is 23.7 Å². The van der Waals surface area contributed by atoms with Crippen LogP contribution in [-0.2, 0) is 19.1 Å². The third-order valence-corrected chi connectivity index (χ3v) is 6.58. The molecular formula is C17H28NO4+. The van der Waals surface area contributed by atoms with Crippen LogP contribution in [0.3, 0.4) is 0 Å². The highest BCUT2D eigenvalue weighted by Gasteiger charge is 2.64. The molecular weight excluding hydrogens is 282 g/mol. The predicted octanol–water partition coefficient (Wildman–Crippen LogP) is 1.60. The Hall–Kier alpha value is -1.10. The molecule has 1 aliphatic heterocycles. The second kappa shape index (κ2) is 5.84. The molecule has 2 saturated carbocycles. The van der Waals surface area contributed by atoms with Crippen molar-refractivity contribution in [2.45, 2.75) is 39.7 Å². The molecule has 1 saturated heterocycles. The van der Waals surface area contributed by atoms with Gasteiger partial charge in [0.25, 0.3) is 0 Å². The second-order valence-electron chi connectivity index (χ2n) is 7.10. The highest BCUT2D eigenvalue weighted by atomic mass is 16.6. The van der Waals surface area contributed by atoms with Crippen LogP contribution in [0.2, 0.25) is 0 Å². The number of carbonyl (C=O) groups is 2. The lowest BCUT2D eigenvalue weighted by Crippen LogP contribution is -2.50. The molecule has 5 atom stereocenters. The third-order valence-electron chi connectivity index (χ3n) is 6.58. The van der Waals surface area contributed by atoms with Crippen LogP contribution in [0.4, 0.5) is 0 Å². The summed E-state index contributed by atoms with van der Waals surface area (Å²) < 4.78 is 11.9. The zero-order valence-corrected chi connectivity index (χ0v) is 13.9. The lowest BCUT2D eigenvalue weighted by atomic mass is 9.80. The van der Waals surface area contributed by atoms with Crippen LogP contribution in [-0.4, -0.2) is 55.3 Å². The Morgan fingerprint density at radius 2 is 1.91 bits per heavy atom. The van der Waals surface area contributed by atoms with Crippen molar-refractivity contribution in [2.75, 3.05) is 32.8 Å². The minimum Gasteiger partial charge on any atom is -0.462 e. The van der Waals surface area contributed by atoms with Gasteiger partial charge in [-0.25, -0.2) is 0 Å². The smallest absolute Gasteiger partial charge is 0.310 e. The maximum absolute atomic E-state index is 12.5. The largest absolute Gasteiger partial charge is 0.462 e. The lowest BCUT2D eigenvalue weighted by Gasteiger charge is -2.35. The van der Waals surface area contributed by atoms with Gasteiger partial charge in [-0.1, -0.05) is 0 Å². The number of hydrogen-bond donors (Lipinski definition) is 0. The maximum atomic E-state index is 12.5. The number of rotatable bonds is 7. The van der Waals surface area contributed by atoms with E-state index in [4.69, 9.17) is 9.47 Å². The van der Waals surface area contributed by atoms with E-state index in [2.05, 4.69) is 20.8 Å². The van der Waals surface area contributed by atoms with E-state index >= 15 is 0 Å². The van der Waals surface area contributed by atoms with Gasteiger partial charge in [0.05, 0.1) is 31.5 Å². The van der Waals surface area contributed by atoms with E-state index in [0.29, 0.717) is 12.5 Å². The van der Waals surface area contributed by atoms with Gasteiger partial charge in [-0.3, -0.25) is 9.59 Å². The molecule has 1 heterocycles. The summed E-state index contributed by atoms with van der Waals surface area (Å²) in [6, 6.07) is 0. The molecule has 124 valence electrons. The van der Waals surface area contributed by atoms with Crippen LogP contribution in [0.25, 0.3) is 0 Å². The highest BCUT2D eigenvalue weighted by molar-refractivity contribution is 5.85. The summed E-state index contributed by atoms with van der Waals surface area (Å²) in [4.78, 5) is 24.4. The van der Waals surface area contributed by atoms with Crippen molar-refractivity contribution in [3.05, 3.63) is 0 Å². The molecule has 3 aliphatic rings. The molecule has 0 spiro atoms. The Labute approximate surface area is 132 Å². The summed E-state index contributed by atoms with van der Waals surface area (Å²) >= 11 is 0. The summed E-state index contributed by atoms with van der Waals surface area (Å²) in [6.45, 7) is 11.0. The van der Waals surface area contributed by atoms with Crippen molar-refractivity contribution in [1.82, 2.24) is 0 Å². The van der Waals surface area contributed by atoms with Gasteiger partial charge in [0.2, 0.25) is 0 Å². The van der Waals surface area contributed by atoms with Gasteiger partial charge in [-0.15, -0.1) is 0 Å². The van der Waals surface area contributed by atoms with Crippen molar-refractivity contribution < 1.29 is 23.5 Å². The Bertz CT molecular complexity index is 449. The fourth-order valence-electron chi connectivity index (χ4n) is 4.91. The SMILES string of the molecule is CC[N+](CC)(CC)CCOC(=O)[C@@H]1[C@@H]2C[C@@H]3[C@@H]1C(=O)O[C@@H]3C2. The molecule has 3 fully saturated rings. The maximum Gasteiger partial charge on any atom is 0.310 e.